The topological polar surface area (TPSA) is 64.5 Å². The van der Waals surface area contributed by atoms with Gasteiger partial charge in [0.25, 0.3) is 0 Å². The van der Waals surface area contributed by atoms with Crippen LogP contribution in [0.1, 0.15) is 0 Å². The third-order valence-electron chi connectivity index (χ3n) is 6.69. The fourth-order valence-corrected chi connectivity index (χ4v) is 4.96. The van der Waals surface area contributed by atoms with E-state index in [2.05, 4.69) is 29.2 Å². The van der Waals surface area contributed by atoms with E-state index in [9.17, 15) is 0 Å². The Bertz CT molecular complexity index is 1780. The maximum Gasteiger partial charge on any atom is 0.227 e. The average Bonchev–Trinajstić information content (AvgIpc) is 3.60. The van der Waals surface area contributed by atoms with Gasteiger partial charge in [-0.25, -0.2) is 9.97 Å². The number of oxazole rings is 2. The molecule has 6 nitrogen and oxygen atoms in total. The molecule has 1 aliphatic rings. The van der Waals surface area contributed by atoms with Crippen molar-refractivity contribution in [2.75, 3.05) is 4.90 Å². The van der Waals surface area contributed by atoms with Gasteiger partial charge in [0, 0.05) is 16.8 Å². The molecule has 38 heavy (non-hydrogen) atoms. The largest absolute Gasteiger partial charge is 0.453 e. The van der Waals surface area contributed by atoms with Crippen molar-refractivity contribution in [2.45, 2.75) is 0 Å². The van der Waals surface area contributed by atoms with Gasteiger partial charge < -0.3 is 18.5 Å². The van der Waals surface area contributed by atoms with Crippen molar-refractivity contribution in [2.24, 2.45) is 0 Å². The smallest absolute Gasteiger partial charge is 0.227 e. The van der Waals surface area contributed by atoms with Crippen LogP contribution in [-0.2, 0) is 0 Å². The first-order chi connectivity index (χ1) is 18.8. The van der Waals surface area contributed by atoms with E-state index >= 15 is 0 Å². The molecule has 2 aromatic heterocycles. The summed E-state index contributed by atoms with van der Waals surface area (Å²) in [5.74, 6) is 2.62. The maximum absolute atomic E-state index is 6.24. The molecule has 0 N–H and O–H groups in total. The normalized spacial score (nSPS) is 12.4. The highest BCUT2D eigenvalue weighted by atomic mass is 16.5. The summed E-state index contributed by atoms with van der Waals surface area (Å²) in [6.45, 7) is 0. The van der Waals surface area contributed by atoms with Crippen molar-refractivity contribution in [3.8, 4) is 34.4 Å². The molecule has 6 heteroatoms. The molecular weight excluding hydrogens is 474 g/mol. The molecule has 0 saturated heterocycles. The Kier molecular flexibility index (Phi) is 4.42. The van der Waals surface area contributed by atoms with Gasteiger partial charge in [-0.15, -0.1) is 0 Å². The van der Waals surface area contributed by atoms with Crippen LogP contribution in [0.25, 0.3) is 45.1 Å². The molecule has 180 valence electrons. The summed E-state index contributed by atoms with van der Waals surface area (Å²) in [7, 11) is 0. The Hall–Kier alpha value is -5.36. The van der Waals surface area contributed by atoms with Gasteiger partial charge in [-0.1, -0.05) is 48.5 Å². The molecule has 7 aromatic rings. The highest BCUT2D eigenvalue weighted by Crippen LogP contribution is 2.51. The summed E-state index contributed by atoms with van der Waals surface area (Å²) in [5, 5.41) is 0. The second-order valence-corrected chi connectivity index (χ2v) is 9.11. The third-order valence-corrected chi connectivity index (χ3v) is 6.69. The van der Waals surface area contributed by atoms with Crippen LogP contribution in [0, 0.1) is 0 Å². The quantitative estimate of drug-likeness (QED) is 0.245. The molecule has 0 radical (unpaired) electrons. The summed E-state index contributed by atoms with van der Waals surface area (Å²) < 4.78 is 18.6. The number of anilines is 3. The maximum atomic E-state index is 6.24. The first kappa shape index (κ1) is 20.8. The number of para-hydroxylation sites is 8. The van der Waals surface area contributed by atoms with Gasteiger partial charge in [0.2, 0.25) is 11.8 Å². The van der Waals surface area contributed by atoms with Crippen molar-refractivity contribution < 1.29 is 13.6 Å². The molecule has 3 heterocycles. The highest BCUT2D eigenvalue weighted by molar-refractivity contribution is 5.89. The van der Waals surface area contributed by atoms with E-state index in [0.29, 0.717) is 11.8 Å². The second-order valence-electron chi connectivity index (χ2n) is 9.11. The zero-order chi connectivity index (χ0) is 25.1. The van der Waals surface area contributed by atoms with Gasteiger partial charge in [0.1, 0.15) is 11.0 Å². The van der Waals surface area contributed by atoms with Crippen molar-refractivity contribution in [1.82, 2.24) is 9.97 Å². The molecule has 8 rings (SSSR count). The van der Waals surface area contributed by atoms with Crippen LogP contribution in [0.5, 0.6) is 11.5 Å². The van der Waals surface area contributed by atoms with E-state index in [1.807, 2.05) is 91.0 Å². The number of benzene rings is 5. The molecule has 0 amide bonds. The van der Waals surface area contributed by atoms with Gasteiger partial charge in [0.05, 0.1) is 11.4 Å². The lowest BCUT2D eigenvalue weighted by Crippen LogP contribution is -2.15. The van der Waals surface area contributed by atoms with Crippen molar-refractivity contribution >= 4 is 39.3 Å². The number of aromatic nitrogens is 2. The lowest BCUT2D eigenvalue weighted by Gasteiger charge is -2.33. The molecule has 0 spiro atoms. The number of hydrogen-bond donors (Lipinski definition) is 0. The minimum atomic E-state index is 0.528. The molecular formula is C32H19N3O3. The van der Waals surface area contributed by atoms with Crippen LogP contribution in [-0.4, -0.2) is 9.97 Å². The zero-order valence-corrected chi connectivity index (χ0v) is 20.0. The van der Waals surface area contributed by atoms with E-state index in [1.54, 1.807) is 0 Å². The molecule has 0 atom stereocenters. The number of nitrogens with zero attached hydrogens (tertiary/aromatic N) is 3. The Morgan fingerprint density at radius 2 is 0.974 bits per heavy atom. The fraction of sp³-hybridized carbons (Fsp3) is 0. The summed E-state index contributed by atoms with van der Waals surface area (Å²) >= 11 is 0. The molecule has 0 bridgehead atoms. The fourth-order valence-electron chi connectivity index (χ4n) is 4.96. The Balaban J connectivity index is 1.39. The molecule has 0 unspecified atom stereocenters. The average molecular weight is 494 g/mol. The molecule has 0 saturated carbocycles. The van der Waals surface area contributed by atoms with Crippen molar-refractivity contribution in [3.05, 3.63) is 115 Å². The molecule has 5 aromatic carbocycles. The van der Waals surface area contributed by atoms with Crippen LogP contribution < -0.4 is 9.64 Å². The SMILES string of the molecule is c1ccc2c(c1)Oc1ccccc1N2c1cc(-c2nc3ccccc3o2)cc(-c2nc3ccccc3o2)c1. The minimum absolute atomic E-state index is 0.528. The monoisotopic (exact) mass is 493 g/mol. The number of ether oxygens (including phenoxy) is 1. The number of rotatable bonds is 3. The zero-order valence-electron chi connectivity index (χ0n) is 20.0. The molecule has 0 fully saturated rings. The lowest BCUT2D eigenvalue weighted by atomic mass is 10.1. The van der Waals surface area contributed by atoms with Gasteiger partial charge >= 0.3 is 0 Å². The third kappa shape index (κ3) is 3.28. The van der Waals surface area contributed by atoms with Gasteiger partial charge in [0.15, 0.2) is 22.7 Å². The Labute approximate surface area is 217 Å². The second kappa shape index (κ2) is 8.08. The minimum Gasteiger partial charge on any atom is -0.453 e. The Morgan fingerprint density at radius 1 is 0.500 bits per heavy atom. The number of hydrogen-bond acceptors (Lipinski definition) is 6. The summed E-state index contributed by atoms with van der Waals surface area (Å²) in [6.07, 6.45) is 0. The predicted molar refractivity (Wildman–Crippen MR) is 147 cm³/mol. The standard InChI is InChI=1S/C32H19N3O3/c1-5-13-27-23(9-1)33-31(37-27)20-17-21(32-34-24-10-2-6-14-28(24)38-32)19-22(18-20)35-25-11-3-7-15-29(25)36-30-16-8-4-12-26(30)35/h1-19H. The first-order valence-electron chi connectivity index (χ1n) is 12.3. The van der Waals surface area contributed by atoms with Crippen LogP contribution >= 0.6 is 0 Å². The summed E-state index contributed by atoms with van der Waals surface area (Å²) in [4.78, 5) is 11.7. The van der Waals surface area contributed by atoms with Crippen molar-refractivity contribution in [1.29, 1.82) is 0 Å². The van der Waals surface area contributed by atoms with Gasteiger partial charge in [-0.3, -0.25) is 0 Å². The van der Waals surface area contributed by atoms with E-state index in [0.717, 1.165) is 61.9 Å². The summed E-state index contributed by atoms with van der Waals surface area (Å²) in [5.41, 5.74) is 7.49. The molecule has 1 aliphatic heterocycles. The number of fused-ring (bicyclic) bond motifs is 4. The van der Waals surface area contributed by atoms with Crippen LogP contribution in [0.15, 0.2) is 124 Å². The van der Waals surface area contributed by atoms with E-state index in [4.69, 9.17) is 23.5 Å². The van der Waals surface area contributed by atoms with Gasteiger partial charge in [-0.05, 0) is 66.7 Å². The Morgan fingerprint density at radius 3 is 1.50 bits per heavy atom. The van der Waals surface area contributed by atoms with E-state index in [-0.39, 0.29) is 0 Å². The van der Waals surface area contributed by atoms with Gasteiger partial charge in [-0.2, -0.15) is 0 Å². The van der Waals surface area contributed by atoms with Crippen LogP contribution in [0.3, 0.4) is 0 Å². The van der Waals surface area contributed by atoms with Crippen molar-refractivity contribution in [3.63, 3.8) is 0 Å². The highest BCUT2D eigenvalue weighted by Gasteiger charge is 2.27. The van der Waals surface area contributed by atoms with E-state index < -0.39 is 0 Å². The predicted octanol–water partition coefficient (Wildman–Crippen LogP) is 8.88. The van der Waals surface area contributed by atoms with Crippen LogP contribution in [0.2, 0.25) is 0 Å². The van der Waals surface area contributed by atoms with E-state index in [1.165, 1.54) is 0 Å². The first-order valence-corrected chi connectivity index (χ1v) is 12.3. The molecule has 0 aliphatic carbocycles. The van der Waals surface area contributed by atoms with Crippen LogP contribution in [0.4, 0.5) is 17.1 Å². The lowest BCUT2D eigenvalue weighted by molar-refractivity contribution is 0.477. The summed E-state index contributed by atoms with van der Waals surface area (Å²) in [6, 6.07) is 37.7.